The third-order valence-electron chi connectivity index (χ3n) is 3.71. The van der Waals surface area contributed by atoms with Gasteiger partial charge >= 0.3 is 0 Å². The molecular weight excluding hydrogens is 342 g/mol. The molecule has 0 unspecified atom stereocenters. The van der Waals surface area contributed by atoms with Crippen LogP contribution < -0.4 is 15.9 Å². The first kappa shape index (κ1) is 16.5. The molecule has 0 aliphatic carbocycles. The van der Waals surface area contributed by atoms with Crippen molar-refractivity contribution >= 4 is 47.0 Å². The molecular formula is C20H17Cl2P. The van der Waals surface area contributed by atoms with Crippen molar-refractivity contribution in [3.63, 3.8) is 0 Å². The zero-order chi connectivity index (χ0) is 16.1. The summed E-state index contributed by atoms with van der Waals surface area (Å²) in [4.78, 5) is 0. The van der Waals surface area contributed by atoms with E-state index in [-0.39, 0.29) is 0 Å². The molecule has 0 radical (unpaired) electrons. The van der Waals surface area contributed by atoms with Gasteiger partial charge in [0.05, 0.1) is 0 Å². The number of hydrogen-bond donors (Lipinski definition) is 0. The van der Waals surface area contributed by atoms with E-state index in [1.807, 2.05) is 0 Å². The first-order chi connectivity index (χ1) is 11.3. The van der Waals surface area contributed by atoms with Crippen LogP contribution in [0, 0.1) is 0 Å². The average molecular weight is 359 g/mol. The van der Waals surface area contributed by atoms with Crippen molar-refractivity contribution < 1.29 is 0 Å². The van der Waals surface area contributed by atoms with Crippen molar-refractivity contribution in [3.05, 3.63) is 90.0 Å². The first-order valence-corrected chi connectivity index (χ1v) is 9.88. The Morgan fingerprint density at radius 2 is 0.913 bits per heavy atom. The molecule has 0 heterocycles. The predicted molar refractivity (Wildman–Crippen MR) is 104 cm³/mol. The van der Waals surface area contributed by atoms with E-state index < -0.39 is 7.92 Å². The summed E-state index contributed by atoms with van der Waals surface area (Å²) < 4.78 is 0. The SMILES string of the molecule is ClCc1ccc(P(c2ccccc2)c2ccc(CCl)cc2)cc1. The van der Waals surface area contributed by atoms with Gasteiger partial charge < -0.3 is 0 Å². The normalized spacial score (nSPS) is 10.9. The fourth-order valence-corrected chi connectivity index (χ4v) is 5.11. The highest BCUT2D eigenvalue weighted by Crippen LogP contribution is 2.32. The van der Waals surface area contributed by atoms with Crippen LogP contribution in [0.3, 0.4) is 0 Å². The topological polar surface area (TPSA) is 0 Å². The molecule has 116 valence electrons. The fraction of sp³-hybridized carbons (Fsp3) is 0.100. The van der Waals surface area contributed by atoms with Crippen LogP contribution in [0.1, 0.15) is 11.1 Å². The molecule has 0 spiro atoms. The maximum atomic E-state index is 5.92. The van der Waals surface area contributed by atoms with Gasteiger partial charge in [0.25, 0.3) is 0 Å². The molecule has 0 nitrogen and oxygen atoms in total. The van der Waals surface area contributed by atoms with Crippen molar-refractivity contribution in [2.75, 3.05) is 0 Å². The van der Waals surface area contributed by atoms with Crippen LogP contribution in [0.25, 0.3) is 0 Å². The summed E-state index contributed by atoms with van der Waals surface area (Å²) in [5, 5.41) is 4.01. The summed E-state index contributed by atoms with van der Waals surface area (Å²) in [6, 6.07) is 28.0. The number of halogens is 2. The van der Waals surface area contributed by atoms with Crippen LogP contribution in [0.15, 0.2) is 78.9 Å². The molecule has 0 aliphatic rings. The molecule has 0 amide bonds. The third kappa shape index (κ3) is 3.96. The van der Waals surface area contributed by atoms with Gasteiger partial charge in [-0.15, -0.1) is 23.2 Å². The zero-order valence-electron chi connectivity index (χ0n) is 12.6. The standard InChI is InChI=1S/C20H17Cl2P/c21-14-16-6-10-19(11-7-16)23(18-4-2-1-3-5-18)20-12-8-17(15-22)9-13-20/h1-13H,14-15H2. The Labute approximate surface area is 148 Å². The van der Waals surface area contributed by atoms with E-state index in [4.69, 9.17) is 23.2 Å². The first-order valence-electron chi connectivity index (χ1n) is 7.47. The van der Waals surface area contributed by atoms with Crippen molar-refractivity contribution in [1.82, 2.24) is 0 Å². The van der Waals surface area contributed by atoms with Gasteiger partial charge in [0, 0.05) is 11.8 Å². The molecule has 0 saturated heterocycles. The quantitative estimate of drug-likeness (QED) is 0.448. The maximum absolute atomic E-state index is 5.92. The van der Waals surface area contributed by atoms with Gasteiger partial charge in [-0.05, 0) is 35.0 Å². The Morgan fingerprint density at radius 1 is 0.522 bits per heavy atom. The van der Waals surface area contributed by atoms with Gasteiger partial charge in [0.15, 0.2) is 0 Å². The highest BCUT2D eigenvalue weighted by molar-refractivity contribution is 7.79. The Morgan fingerprint density at radius 3 is 1.30 bits per heavy atom. The van der Waals surface area contributed by atoms with E-state index in [9.17, 15) is 0 Å². The van der Waals surface area contributed by atoms with Gasteiger partial charge in [-0.3, -0.25) is 0 Å². The van der Waals surface area contributed by atoms with Crippen molar-refractivity contribution in [2.24, 2.45) is 0 Å². The smallest absolute Gasteiger partial charge is 0.0474 e. The summed E-state index contributed by atoms with van der Waals surface area (Å²) in [5.74, 6) is 1.10. The molecule has 3 aromatic carbocycles. The molecule has 0 saturated carbocycles. The van der Waals surface area contributed by atoms with E-state index in [2.05, 4.69) is 78.9 Å². The lowest BCUT2D eigenvalue weighted by Gasteiger charge is -2.19. The molecule has 0 fully saturated rings. The third-order valence-corrected chi connectivity index (χ3v) is 6.77. The zero-order valence-corrected chi connectivity index (χ0v) is 15.0. The van der Waals surface area contributed by atoms with Gasteiger partial charge in [-0.1, -0.05) is 78.9 Å². The summed E-state index contributed by atoms with van der Waals surface area (Å²) >= 11 is 11.8. The maximum Gasteiger partial charge on any atom is 0.0474 e. The van der Waals surface area contributed by atoms with Gasteiger partial charge in [-0.2, -0.15) is 0 Å². The minimum atomic E-state index is -0.567. The molecule has 0 N–H and O–H groups in total. The molecule has 23 heavy (non-hydrogen) atoms. The summed E-state index contributed by atoms with van der Waals surface area (Å²) in [6.07, 6.45) is 0. The molecule has 0 atom stereocenters. The minimum absolute atomic E-state index is 0.550. The molecule has 0 bridgehead atoms. The monoisotopic (exact) mass is 358 g/mol. The van der Waals surface area contributed by atoms with Crippen molar-refractivity contribution in [1.29, 1.82) is 0 Å². The minimum Gasteiger partial charge on any atom is -0.122 e. The van der Waals surface area contributed by atoms with E-state index in [0.29, 0.717) is 11.8 Å². The van der Waals surface area contributed by atoms with Crippen LogP contribution >= 0.6 is 31.1 Å². The van der Waals surface area contributed by atoms with Gasteiger partial charge in [0.1, 0.15) is 0 Å². The van der Waals surface area contributed by atoms with Crippen LogP contribution in [0.2, 0.25) is 0 Å². The molecule has 3 rings (SSSR count). The van der Waals surface area contributed by atoms with E-state index in [0.717, 1.165) is 11.1 Å². The van der Waals surface area contributed by atoms with Crippen LogP contribution in [-0.4, -0.2) is 0 Å². The van der Waals surface area contributed by atoms with Gasteiger partial charge in [0.2, 0.25) is 0 Å². The lowest BCUT2D eigenvalue weighted by Crippen LogP contribution is -2.20. The number of hydrogen-bond acceptors (Lipinski definition) is 0. The van der Waals surface area contributed by atoms with E-state index in [1.165, 1.54) is 15.9 Å². The van der Waals surface area contributed by atoms with Crippen LogP contribution in [0.5, 0.6) is 0 Å². The Bertz CT molecular complexity index is 689. The second-order valence-corrected chi connectivity index (χ2v) is 8.03. The lowest BCUT2D eigenvalue weighted by molar-refractivity contribution is 1.41. The molecule has 0 aromatic heterocycles. The summed E-state index contributed by atoms with van der Waals surface area (Å²) in [7, 11) is -0.567. The summed E-state index contributed by atoms with van der Waals surface area (Å²) in [6.45, 7) is 0. The Balaban J connectivity index is 2.05. The predicted octanol–water partition coefficient (Wildman–Crippen LogP) is 4.92. The summed E-state index contributed by atoms with van der Waals surface area (Å²) in [5.41, 5.74) is 2.30. The largest absolute Gasteiger partial charge is 0.122 e. The molecule has 3 heteroatoms. The Hall–Kier alpha value is -1.33. The molecule has 0 aliphatic heterocycles. The average Bonchev–Trinajstić information content (AvgIpc) is 2.64. The number of alkyl halides is 2. The van der Waals surface area contributed by atoms with Gasteiger partial charge in [-0.25, -0.2) is 0 Å². The van der Waals surface area contributed by atoms with E-state index in [1.54, 1.807) is 0 Å². The Kier molecular flexibility index (Phi) is 5.73. The molecule has 3 aromatic rings. The lowest BCUT2D eigenvalue weighted by atomic mass is 10.2. The van der Waals surface area contributed by atoms with Crippen molar-refractivity contribution in [2.45, 2.75) is 11.8 Å². The highest BCUT2D eigenvalue weighted by atomic mass is 35.5. The van der Waals surface area contributed by atoms with Crippen LogP contribution in [-0.2, 0) is 11.8 Å². The van der Waals surface area contributed by atoms with E-state index >= 15 is 0 Å². The highest BCUT2D eigenvalue weighted by Gasteiger charge is 2.16. The second kappa shape index (κ2) is 7.97. The fourth-order valence-electron chi connectivity index (χ4n) is 2.49. The number of benzene rings is 3. The van der Waals surface area contributed by atoms with Crippen molar-refractivity contribution in [3.8, 4) is 0 Å². The number of rotatable bonds is 5. The van der Waals surface area contributed by atoms with Crippen LogP contribution in [0.4, 0.5) is 0 Å². The second-order valence-electron chi connectivity index (χ2n) is 5.27.